The zero-order valence-electron chi connectivity index (χ0n) is 6.54. The molecule has 0 fully saturated rings. The average molecular weight is 188 g/mol. The van der Waals surface area contributed by atoms with Gasteiger partial charge in [-0.2, -0.15) is 15.8 Å². The summed E-state index contributed by atoms with van der Waals surface area (Å²) in [4.78, 5) is 0. The van der Waals surface area contributed by atoms with Gasteiger partial charge in [-0.25, -0.2) is 0 Å². The van der Waals surface area contributed by atoms with Crippen LogP contribution >= 0.6 is 11.1 Å². The van der Waals surface area contributed by atoms with E-state index in [9.17, 15) is 5.21 Å². The monoisotopic (exact) mass is 187 g/mol. The zero-order valence-corrected chi connectivity index (χ0v) is 8.30. The van der Waals surface area contributed by atoms with Gasteiger partial charge >= 0.3 is 0 Å². The van der Waals surface area contributed by atoms with Crippen molar-refractivity contribution in [3.63, 3.8) is 0 Å². The van der Waals surface area contributed by atoms with Gasteiger partial charge in [0.05, 0.1) is 0 Å². The highest BCUT2D eigenvalue weighted by molar-refractivity contribution is 7.26. The van der Waals surface area contributed by atoms with Crippen LogP contribution in [0.5, 0.6) is 0 Å². The van der Waals surface area contributed by atoms with E-state index >= 15 is 0 Å². The molecular weight excluding hydrogens is 178 g/mol. The summed E-state index contributed by atoms with van der Waals surface area (Å²) in [7, 11) is -1.81. The van der Waals surface area contributed by atoms with Gasteiger partial charge in [-0.15, -0.1) is 0 Å². The number of nitrogens with zero attached hydrogens (tertiary/aromatic N) is 1. The summed E-state index contributed by atoms with van der Waals surface area (Å²) < 4.78 is 0.784. The predicted molar refractivity (Wildman–Crippen MR) is 48.4 cm³/mol. The van der Waals surface area contributed by atoms with Crippen LogP contribution in [-0.4, -0.2) is 7.38 Å². The topological polar surface area (TPSA) is 26.9 Å². The van der Waals surface area contributed by atoms with Crippen LogP contribution in [0, 0.1) is 5.21 Å². The molecule has 1 aromatic heterocycles. The molecule has 2 nitrogen and oxygen atoms in total. The first-order valence-electron chi connectivity index (χ1n) is 3.38. The number of halogens is 1. The Labute approximate surface area is 71.7 Å². The Morgan fingerprint density at radius 1 is 1.55 bits per heavy atom. The van der Waals surface area contributed by atoms with Crippen LogP contribution < -0.4 is 9.92 Å². The highest BCUT2D eigenvalue weighted by Gasteiger charge is 2.21. The van der Waals surface area contributed by atoms with Crippen molar-refractivity contribution in [2.75, 3.05) is 0 Å². The van der Waals surface area contributed by atoms with E-state index in [0.717, 1.165) is 9.92 Å². The van der Waals surface area contributed by atoms with Crippen molar-refractivity contribution in [3.05, 3.63) is 29.7 Å². The molecule has 0 saturated carbocycles. The Kier molecular flexibility index (Phi) is 2.20. The molecule has 0 spiro atoms. The summed E-state index contributed by atoms with van der Waals surface area (Å²) in [6.45, 7) is 3.98. The number of pyridine rings is 1. The predicted octanol–water partition coefficient (Wildman–Crippen LogP) is 0.971. The summed E-state index contributed by atoms with van der Waals surface area (Å²) in [5.74, 6) is 0. The molecule has 0 aromatic carbocycles. The smallest absolute Gasteiger partial charge is 0.188 e. The molecule has 1 heterocycles. The largest absolute Gasteiger partial charge is 0.619 e. The van der Waals surface area contributed by atoms with Crippen molar-refractivity contribution in [1.82, 2.24) is 0 Å². The fourth-order valence-electron chi connectivity index (χ4n) is 0.806. The van der Waals surface area contributed by atoms with E-state index in [1.165, 1.54) is 6.20 Å². The van der Waals surface area contributed by atoms with Crippen LogP contribution in [0.1, 0.15) is 0 Å². The SMILES string of the molecule is C[Si](C)(Cl)c1ccc[n+]([O-])c1. The quantitative estimate of drug-likeness (QED) is 0.279. The van der Waals surface area contributed by atoms with E-state index < -0.39 is 7.38 Å². The summed E-state index contributed by atoms with van der Waals surface area (Å²) in [6, 6.07) is 3.62. The van der Waals surface area contributed by atoms with Crippen LogP contribution in [0.3, 0.4) is 0 Å². The van der Waals surface area contributed by atoms with Gasteiger partial charge in [-0.05, 0) is 6.07 Å². The summed E-state index contributed by atoms with van der Waals surface area (Å²) in [5, 5.41) is 11.8. The third-order valence-electron chi connectivity index (χ3n) is 1.46. The second kappa shape index (κ2) is 2.83. The van der Waals surface area contributed by atoms with Crippen molar-refractivity contribution in [1.29, 1.82) is 0 Å². The zero-order chi connectivity index (χ0) is 8.48. The molecule has 0 N–H and O–H groups in total. The van der Waals surface area contributed by atoms with Crippen molar-refractivity contribution >= 4 is 23.6 Å². The Bertz CT molecular complexity index is 259. The normalized spacial score (nSPS) is 11.5. The first-order chi connectivity index (χ1) is 5.00. The van der Waals surface area contributed by atoms with Crippen LogP contribution in [0.4, 0.5) is 0 Å². The molecule has 0 aliphatic rings. The molecule has 0 atom stereocenters. The molecule has 0 amide bonds. The van der Waals surface area contributed by atoms with Crippen LogP contribution in [0.2, 0.25) is 13.1 Å². The lowest BCUT2D eigenvalue weighted by molar-refractivity contribution is -0.604. The first-order valence-corrected chi connectivity index (χ1v) is 7.39. The highest BCUT2D eigenvalue weighted by Crippen LogP contribution is 2.05. The third kappa shape index (κ3) is 2.20. The van der Waals surface area contributed by atoms with E-state index in [2.05, 4.69) is 0 Å². The maximum Gasteiger partial charge on any atom is 0.188 e. The lowest BCUT2D eigenvalue weighted by Gasteiger charge is -2.11. The van der Waals surface area contributed by atoms with Crippen LogP contribution in [0.15, 0.2) is 24.5 Å². The van der Waals surface area contributed by atoms with Crippen LogP contribution in [0.25, 0.3) is 0 Å². The Balaban J connectivity index is 3.06. The number of hydrogen-bond acceptors (Lipinski definition) is 1. The standard InChI is InChI=1S/C7H10ClNOSi/c1-11(2,8)7-4-3-5-9(10)6-7/h3-6H,1-2H3. The maximum absolute atomic E-state index is 10.8. The minimum Gasteiger partial charge on any atom is -0.619 e. The Morgan fingerprint density at radius 2 is 2.18 bits per heavy atom. The molecule has 0 aliphatic heterocycles. The molecule has 4 heteroatoms. The number of rotatable bonds is 1. The summed E-state index contributed by atoms with van der Waals surface area (Å²) in [6.07, 6.45) is 3.00. The third-order valence-corrected chi connectivity index (χ3v) is 3.78. The number of aromatic nitrogens is 1. The average Bonchev–Trinajstić information content (AvgIpc) is 1.86. The molecule has 1 rings (SSSR count). The van der Waals surface area contributed by atoms with Crippen LogP contribution in [-0.2, 0) is 0 Å². The van der Waals surface area contributed by atoms with E-state index in [1.807, 2.05) is 19.2 Å². The van der Waals surface area contributed by atoms with Gasteiger partial charge in [0.2, 0.25) is 0 Å². The van der Waals surface area contributed by atoms with E-state index in [-0.39, 0.29) is 0 Å². The molecule has 0 bridgehead atoms. The Hall–Kier alpha value is -0.543. The minimum absolute atomic E-state index is 0.784. The van der Waals surface area contributed by atoms with Gasteiger partial charge in [0, 0.05) is 11.3 Å². The minimum atomic E-state index is -1.81. The lowest BCUT2D eigenvalue weighted by atomic mass is 10.5. The molecule has 0 radical (unpaired) electrons. The van der Waals surface area contributed by atoms with E-state index in [4.69, 9.17) is 11.1 Å². The van der Waals surface area contributed by atoms with Crippen molar-refractivity contribution in [2.24, 2.45) is 0 Å². The molecule has 0 aliphatic carbocycles. The second-order valence-electron chi connectivity index (χ2n) is 2.92. The van der Waals surface area contributed by atoms with Crippen molar-refractivity contribution in [3.8, 4) is 0 Å². The maximum atomic E-state index is 10.8. The second-order valence-corrected chi connectivity index (χ2v) is 9.28. The summed E-state index contributed by atoms with van der Waals surface area (Å²) >= 11 is 6.12. The molecule has 0 unspecified atom stereocenters. The Morgan fingerprint density at radius 3 is 2.55 bits per heavy atom. The van der Waals surface area contributed by atoms with Crippen molar-refractivity contribution < 1.29 is 4.73 Å². The molecule has 11 heavy (non-hydrogen) atoms. The van der Waals surface area contributed by atoms with Gasteiger partial charge < -0.3 is 5.21 Å². The lowest BCUT2D eigenvalue weighted by Crippen LogP contribution is -2.41. The first kappa shape index (κ1) is 8.55. The molecular formula is C7H10ClNOSi. The van der Waals surface area contributed by atoms with E-state index in [1.54, 1.807) is 12.3 Å². The highest BCUT2D eigenvalue weighted by atomic mass is 35.6. The van der Waals surface area contributed by atoms with Gasteiger partial charge in [-0.1, -0.05) is 13.1 Å². The van der Waals surface area contributed by atoms with Gasteiger partial charge in [-0.3, -0.25) is 0 Å². The van der Waals surface area contributed by atoms with Gasteiger partial charge in [0.15, 0.2) is 19.8 Å². The van der Waals surface area contributed by atoms with E-state index in [0.29, 0.717) is 0 Å². The number of hydrogen-bond donors (Lipinski definition) is 0. The molecule has 0 saturated heterocycles. The fourth-order valence-corrected chi connectivity index (χ4v) is 2.07. The fraction of sp³-hybridized carbons (Fsp3) is 0.286. The van der Waals surface area contributed by atoms with Gasteiger partial charge in [0.25, 0.3) is 0 Å². The van der Waals surface area contributed by atoms with Crippen molar-refractivity contribution in [2.45, 2.75) is 13.1 Å². The summed E-state index contributed by atoms with van der Waals surface area (Å²) in [5.41, 5.74) is 0. The molecule has 1 aromatic rings. The molecule has 60 valence electrons. The van der Waals surface area contributed by atoms with Gasteiger partial charge in [0.1, 0.15) is 0 Å².